The molecule has 0 bridgehead atoms. The highest BCUT2D eigenvalue weighted by Crippen LogP contribution is 2.21. The molecule has 2 heterocycles. The third-order valence-electron chi connectivity index (χ3n) is 3.99. The van der Waals surface area contributed by atoms with E-state index in [1.807, 2.05) is 20.8 Å². The fourth-order valence-electron chi connectivity index (χ4n) is 2.88. The van der Waals surface area contributed by atoms with Gasteiger partial charge in [-0.05, 0) is 33.6 Å². The van der Waals surface area contributed by atoms with Crippen molar-refractivity contribution in [3.63, 3.8) is 0 Å². The number of hydrogen-bond donors (Lipinski definition) is 0. The number of piperidine rings is 2. The van der Waals surface area contributed by atoms with Gasteiger partial charge in [-0.15, -0.1) is 0 Å². The van der Waals surface area contributed by atoms with Crippen LogP contribution in [-0.2, 0) is 9.53 Å². The normalized spacial score (nSPS) is 22.9. The van der Waals surface area contributed by atoms with Crippen molar-refractivity contribution >= 4 is 11.9 Å². The van der Waals surface area contributed by atoms with E-state index >= 15 is 0 Å². The van der Waals surface area contributed by atoms with Gasteiger partial charge >= 0.3 is 6.09 Å². The van der Waals surface area contributed by atoms with Crippen molar-refractivity contribution < 1.29 is 14.3 Å². The van der Waals surface area contributed by atoms with E-state index in [0.717, 1.165) is 39.0 Å². The summed E-state index contributed by atoms with van der Waals surface area (Å²) in [4.78, 5) is 27.5. The van der Waals surface area contributed by atoms with E-state index in [0.29, 0.717) is 24.7 Å². The largest absolute Gasteiger partial charge is 0.444 e. The number of ketones is 1. The number of likely N-dealkylation sites (tertiary alicyclic amines) is 2. The molecule has 0 N–H and O–H groups in total. The molecule has 5 nitrogen and oxygen atoms in total. The molecule has 0 atom stereocenters. The molecule has 0 aliphatic carbocycles. The van der Waals surface area contributed by atoms with Gasteiger partial charge < -0.3 is 9.64 Å². The van der Waals surface area contributed by atoms with E-state index < -0.39 is 5.60 Å². The molecular weight excluding hydrogens is 256 g/mol. The summed E-state index contributed by atoms with van der Waals surface area (Å²) in [5.41, 5.74) is -0.429. The minimum Gasteiger partial charge on any atom is -0.444 e. The van der Waals surface area contributed by atoms with Gasteiger partial charge in [-0.2, -0.15) is 0 Å². The second-order valence-corrected chi connectivity index (χ2v) is 6.77. The number of carbonyl (C=O) groups is 2. The maximum Gasteiger partial charge on any atom is 0.410 e. The Bertz CT molecular complexity index is 358. The third-order valence-corrected chi connectivity index (χ3v) is 3.99. The minimum atomic E-state index is -0.429. The number of rotatable bonds is 1. The van der Waals surface area contributed by atoms with Crippen molar-refractivity contribution in [1.29, 1.82) is 0 Å². The highest BCUT2D eigenvalue weighted by atomic mass is 16.6. The van der Waals surface area contributed by atoms with Crippen LogP contribution in [0.25, 0.3) is 0 Å². The molecule has 0 unspecified atom stereocenters. The number of Topliss-reactive ketones (excluding diaryl/α,β-unsaturated/α-hetero) is 1. The van der Waals surface area contributed by atoms with Gasteiger partial charge in [0.1, 0.15) is 11.4 Å². The quantitative estimate of drug-likeness (QED) is 0.738. The Morgan fingerprint density at radius 1 is 1.10 bits per heavy atom. The van der Waals surface area contributed by atoms with Crippen LogP contribution < -0.4 is 0 Å². The second-order valence-electron chi connectivity index (χ2n) is 6.77. The Morgan fingerprint density at radius 2 is 1.65 bits per heavy atom. The summed E-state index contributed by atoms with van der Waals surface area (Å²) in [5, 5.41) is 0. The van der Waals surface area contributed by atoms with Crippen LogP contribution in [0.1, 0.15) is 46.5 Å². The molecule has 2 fully saturated rings. The predicted octanol–water partition coefficient (Wildman–Crippen LogP) is 2.05. The Labute approximate surface area is 121 Å². The molecule has 2 aliphatic heterocycles. The number of amides is 1. The summed E-state index contributed by atoms with van der Waals surface area (Å²) >= 11 is 0. The van der Waals surface area contributed by atoms with Gasteiger partial charge in [-0.1, -0.05) is 0 Å². The predicted molar refractivity (Wildman–Crippen MR) is 76.6 cm³/mol. The zero-order valence-corrected chi connectivity index (χ0v) is 12.9. The number of hydrogen-bond acceptors (Lipinski definition) is 4. The summed E-state index contributed by atoms with van der Waals surface area (Å²) in [7, 11) is 0. The lowest BCUT2D eigenvalue weighted by Gasteiger charge is -2.40. The first-order valence-corrected chi connectivity index (χ1v) is 7.59. The summed E-state index contributed by atoms with van der Waals surface area (Å²) < 4.78 is 5.40. The van der Waals surface area contributed by atoms with Crippen LogP contribution in [0.2, 0.25) is 0 Å². The van der Waals surface area contributed by atoms with Crippen molar-refractivity contribution in [3.8, 4) is 0 Å². The average molecular weight is 282 g/mol. The van der Waals surface area contributed by atoms with E-state index in [2.05, 4.69) is 4.90 Å². The number of carbonyl (C=O) groups excluding carboxylic acids is 2. The van der Waals surface area contributed by atoms with Gasteiger partial charge in [0.2, 0.25) is 0 Å². The molecule has 0 aromatic rings. The van der Waals surface area contributed by atoms with E-state index in [1.54, 1.807) is 4.90 Å². The number of nitrogens with zero attached hydrogens (tertiary/aromatic N) is 2. The van der Waals surface area contributed by atoms with Crippen LogP contribution in [0, 0.1) is 0 Å². The van der Waals surface area contributed by atoms with Gasteiger partial charge in [0.15, 0.2) is 0 Å². The zero-order chi connectivity index (χ0) is 14.8. The van der Waals surface area contributed by atoms with Gasteiger partial charge in [-0.25, -0.2) is 4.79 Å². The maximum atomic E-state index is 12.0. The van der Waals surface area contributed by atoms with Crippen LogP contribution in [0.5, 0.6) is 0 Å². The first-order chi connectivity index (χ1) is 9.35. The van der Waals surface area contributed by atoms with Crippen LogP contribution in [0.3, 0.4) is 0 Å². The maximum absolute atomic E-state index is 12.0. The first-order valence-electron chi connectivity index (χ1n) is 7.59. The standard InChI is InChI=1S/C15H26N2O3/c1-15(2,3)20-14(19)17-8-4-12(5-9-17)16-10-6-13(18)7-11-16/h12H,4-11H2,1-3H3. The second kappa shape index (κ2) is 6.12. The lowest BCUT2D eigenvalue weighted by molar-refractivity contribution is -0.122. The molecule has 5 heteroatoms. The van der Waals surface area contributed by atoms with Crippen LogP contribution in [0.15, 0.2) is 0 Å². The Kier molecular flexibility index (Phi) is 4.68. The molecule has 2 rings (SSSR count). The molecule has 2 saturated heterocycles. The topological polar surface area (TPSA) is 49.9 Å². The van der Waals surface area contributed by atoms with Crippen LogP contribution in [0.4, 0.5) is 4.79 Å². The van der Waals surface area contributed by atoms with Gasteiger partial charge in [0.25, 0.3) is 0 Å². The molecule has 0 aromatic carbocycles. The fourth-order valence-corrected chi connectivity index (χ4v) is 2.88. The van der Waals surface area contributed by atoms with E-state index in [9.17, 15) is 9.59 Å². The van der Waals surface area contributed by atoms with Crippen molar-refractivity contribution in [2.75, 3.05) is 26.2 Å². The molecule has 1 amide bonds. The van der Waals surface area contributed by atoms with Gasteiger partial charge in [0, 0.05) is 45.1 Å². The Hall–Kier alpha value is -1.10. The third kappa shape index (κ3) is 4.20. The SMILES string of the molecule is CC(C)(C)OC(=O)N1CCC(N2CCC(=O)CC2)CC1. The van der Waals surface area contributed by atoms with Gasteiger partial charge in [0.05, 0.1) is 0 Å². The fraction of sp³-hybridized carbons (Fsp3) is 0.867. The molecule has 114 valence electrons. The van der Waals surface area contributed by atoms with Gasteiger partial charge in [-0.3, -0.25) is 9.69 Å². The molecular formula is C15H26N2O3. The van der Waals surface area contributed by atoms with E-state index in [-0.39, 0.29) is 6.09 Å². The first kappa shape index (κ1) is 15.3. The lowest BCUT2D eigenvalue weighted by Crippen LogP contribution is -2.49. The minimum absolute atomic E-state index is 0.204. The monoisotopic (exact) mass is 282 g/mol. The summed E-state index contributed by atoms with van der Waals surface area (Å²) in [6.45, 7) is 8.95. The van der Waals surface area contributed by atoms with Crippen molar-refractivity contribution in [3.05, 3.63) is 0 Å². The van der Waals surface area contributed by atoms with Crippen molar-refractivity contribution in [2.45, 2.75) is 58.1 Å². The Balaban J connectivity index is 1.77. The zero-order valence-electron chi connectivity index (χ0n) is 12.9. The molecule has 20 heavy (non-hydrogen) atoms. The summed E-state index contributed by atoms with van der Waals surface area (Å²) in [6, 6.07) is 0.516. The van der Waals surface area contributed by atoms with Crippen molar-refractivity contribution in [2.24, 2.45) is 0 Å². The summed E-state index contributed by atoms with van der Waals surface area (Å²) in [6.07, 6.45) is 3.13. The van der Waals surface area contributed by atoms with Crippen LogP contribution >= 0.6 is 0 Å². The molecule has 0 saturated carbocycles. The van der Waals surface area contributed by atoms with Crippen molar-refractivity contribution in [1.82, 2.24) is 9.80 Å². The molecule has 0 aromatic heterocycles. The molecule has 0 spiro atoms. The summed E-state index contributed by atoms with van der Waals surface area (Å²) in [5.74, 6) is 0.382. The smallest absolute Gasteiger partial charge is 0.410 e. The lowest BCUT2D eigenvalue weighted by atomic mass is 10.00. The molecule has 2 aliphatic rings. The average Bonchev–Trinajstić information content (AvgIpc) is 2.38. The highest BCUT2D eigenvalue weighted by molar-refractivity contribution is 5.79. The Morgan fingerprint density at radius 3 is 2.15 bits per heavy atom. The number of ether oxygens (including phenoxy) is 1. The van der Waals surface area contributed by atoms with E-state index in [4.69, 9.17) is 4.74 Å². The van der Waals surface area contributed by atoms with E-state index in [1.165, 1.54) is 0 Å². The molecule has 0 radical (unpaired) electrons. The highest BCUT2D eigenvalue weighted by Gasteiger charge is 2.30. The van der Waals surface area contributed by atoms with Crippen LogP contribution in [-0.4, -0.2) is 59.5 Å².